The second-order valence-electron chi connectivity index (χ2n) is 7.17. The van der Waals surface area contributed by atoms with Crippen molar-refractivity contribution in [2.45, 2.75) is 51.4 Å². The third-order valence-electron chi connectivity index (χ3n) is 4.62. The number of hydrogen-bond donors (Lipinski definition) is 1. The van der Waals surface area contributed by atoms with Crippen molar-refractivity contribution in [2.24, 2.45) is 5.92 Å². The van der Waals surface area contributed by atoms with E-state index in [2.05, 4.69) is 4.90 Å². The highest BCUT2D eigenvalue weighted by Gasteiger charge is 2.53. The van der Waals surface area contributed by atoms with Crippen molar-refractivity contribution < 1.29 is 18.3 Å². The van der Waals surface area contributed by atoms with Crippen molar-refractivity contribution in [1.82, 2.24) is 4.90 Å². The summed E-state index contributed by atoms with van der Waals surface area (Å²) >= 11 is 0. The first-order valence-corrected chi connectivity index (χ1v) is 9.17. The average molecular weight is 305 g/mol. The molecule has 0 aromatic rings. The van der Waals surface area contributed by atoms with Crippen molar-refractivity contribution in [3.05, 3.63) is 0 Å². The summed E-state index contributed by atoms with van der Waals surface area (Å²) < 4.78 is 29.3. The van der Waals surface area contributed by atoms with Crippen LogP contribution in [-0.2, 0) is 14.6 Å². The standard InChI is InChI=1S/C14H27NO4S/c1-13(2)11(12(16)14(3,4)19-13)10-15-6-5-8-20(17,18)9-7-15/h11-12,16H,5-10H2,1-4H3. The highest BCUT2D eigenvalue weighted by Crippen LogP contribution is 2.42. The normalized spacial score (nSPS) is 36.6. The molecule has 2 aliphatic heterocycles. The van der Waals surface area contributed by atoms with Crippen LogP contribution >= 0.6 is 0 Å². The molecule has 5 nitrogen and oxygen atoms in total. The molecule has 0 saturated carbocycles. The lowest BCUT2D eigenvalue weighted by Gasteiger charge is -2.31. The van der Waals surface area contributed by atoms with Crippen LogP contribution in [0.15, 0.2) is 0 Å². The molecule has 20 heavy (non-hydrogen) atoms. The van der Waals surface area contributed by atoms with E-state index in [9.17, 15) is 13.5 Å². The van der Waals surface area contributed by atoms with Gasteiger partial charge in [0, 0.05) is 19.0 Å². The first-order chi connectivity index (χ1) is 9.04. The summed E-state index contributed by atoms with van der Waals surface area (Å²) in [6.45, 7) is 9.85. The van der Waals surface area contributed by atoms with Crippen molar-refractivity contribution in [2.75, 3.05) is 31.1 Å². The lowest BCUT2D eigenvalue weighted by atomic mass is 9.84. The van der Waals surface area contributed by atoms with Gasteiger partial charge in [0.05, 0.1) is 28.8 Å². The molecule has 2 unspecified atom stereocenters. The maximum absolute atomic E-state index is 11.6. The fraction of sp³-hybridized carbons (Fsp3) is 1.00. The second kappa shape index (κ2) is 5.23. The van der Waals surface area contributed by atoms with Gasteiger partial charge < -0.3 is 14.7 Å². The zero-order valence-electron chi connectivity index (χ0n) is 12.9. The Kier molecular flexibility index (Phi) is 4.24. The summed E-state index contributed by atoms with van der Waals surface area (Å²) in [7, 11) is -2.89. The SMILES string of the molecule is CC1(C)OC(C)(C)C(CN2CCCS(=O)(=O)CC2)C1O. The Morgan fingerprint density at radius 1 is 1.15 bits per heavy atom. The first kappa shape index (κ1) is 16.2. The molecule has 0 aromatic carbocycles. The number of rotatable bonds is 2. The Balaban J connectivity index is 2.06. The van der Waals surface area contributed by atoms with E-state index in [1.807, 2.05) is 27.7 Å². The van der Waals surface area contributed by atoms with Gasteiger partial charge in [0.2, 0.25) is 0 Å². The molecule has 6 heteroatoms. The van der Waals surface area contributed by atoms with E-state index in [0.29, 0.717) is 19.5 Å². The molecule has 0 aliphatic carbocycles. The number of ether oxygens (including phenoxy) is 1. The lowest BCUT2D eigenvalue weighted by molar-refractivity contribution is -0.0913. The number of aliphatic hydroxyl groups is 1. The van der Waals surface area contributed by atoms with Crippen molar-refractivity contribution >= 4 is 9.84 Å². The molecule has 0 aromatic heterocycles. The molecular weight excluding hydrogens is 278 g/mol. The Morgan fingerprint density at radius 3 is 2.35 bits per heavy atom. The molecule has 2 aliphatic rings. The molecule has 0 radical (unpaired) electrons. The van der Waals surface area contributed by atoms with Crippen molar-refractivity contribution in [3.8, 4) is 0 Å². The fourth-order valence-corrected chi connectivity index (χ4v) is 4.76. The number of nitrogens with zero attached hydrogens (tertiary/aromatic N) is 1. The molecular formula is C14H27NO4S. The minimum absolute atomic E-state index is 0.00157. The predicted molar refractivity (Wildman–Crippen MR) is 78.5 cm³/mol. The Labute approximate surface area is 122 Å². The van der Waals surface area contributed by atoms with E-state index in [4.69, 9.17) is 4.74 Å². The molecule has 2 saturated heterocycles. The topological polar surface area (TPSA) is 66.8 Å². The van der Waals surface area contributed by atoms with Gasteiger partial charge in [-0.05, 0) is 40.7 Å². The van der Waals surface area contributed by atoms with Gasteiger partial charge in [-0.15, -0.1) is 0 Å². The monoisotopic (exact) mass is 305 g/mol. The van der Waals surface area contributed by atoms with Crippen LogP contribution in [-0.4, -0.2) is 66.9 Å². The summed E-state index contributed by atoms with van der Waals surface area (Å²) in [6, 6.07) is 0. The maximum atomic E-state index is 11.6. The van der Waals surface area contributed by atoms with Gasteiger partial charge in [0.15, 0.2) is 9.84 Å². The summed E-state index contributed by atoms with van der Waals surface area (Å²) in [4.78, 5) is 2.16. The third kappa shape index (κ3) is 3.35. The van der Waals surface area contributed by atoms with Crippen LogP contribution in [0.1, 0.15) is 34.1 Å². The van der Waals surface area contributed by atoms with E-state index in [1.54, 1.807) is 0 Å². The summed E-state index contributed by atoms with van der Waals surface area (Å²) in [6.07, 6.45) is 0.146. The molecule has 2 heterocycles. The highest BCUT2D eigenvalue weighted by atomic mass is 32.2. The molecule has 1 N–H and O–H groups in total. The number of sulfone groups is 1. The summed E-state index contributed by atoms with van der Waals surface area (Å²) in [5.41, 5.74) is -0.944. The first-order valence-electron chi connectivity index (χ1n) is 7.34. The minimum atomic E-state index is -2.89. The Hall–Kier alpha value is -0.170. The second-order valence-corrected chi connectivity index (χ2v) is 9.47. The van der Waals surface area contributed by atoms with Crippen LogP contribution < -0.4 is 0 Å². The van der Waals surface area contributed by atoms with Crippen molar-refractivity contribution in [3.63, 3.8) is 0 Å². The Bertz CT molecular complexity index is 458. The van der Waals surface area contributed by atoms with Gasteiger partial charge in [-0.1, -0.05) is 0 Å². The highest BCUT2D eigenvalue weighted by molar-refractivity contribution is 7.91. The van der Waals surface area contributed by atoms with Crippen LogP contribution in [0.25, 0.3) is 0 Å². The van der Waals surface area contributed by atoms with Gasteiger partial charge in [0.25, 0.3) is 0 Å². The van der Waals surface area contributed by atoms with Crippen LogP contribution in [0.4, 0.5) is 0 Å². The van der Waals surface area contributed by atoms with Gasteiger partial charge in [0.1, 0.15) is 0 Å². The van der Waals surface area contributed by atoms with Gasteiger partial charge >= 0.3 is 0 Å². The quantitative estimate of drug-likeness (QED) is 0.812. The van der Waals surface area contributed by atoms with Crippen LogP contribution in [0.2, 0.25) is 0 Å². The average Bonchev–Trinajstić information content (AvgIpc) is 2.41. The molecule has 118 valence electrons. The van der Waals surface area contributed by atoms with Crippen LogP contribution in [0.3, 0.4) is 0 Å². The molecule has 0 bridgehead atoms. The predicted octanol–water partition coefficient (Wildman–Crippen LogP) is 0.671. The number of aliphatic hydroxyl groups excluding tert-OH is 1. The molecule has 2 fully saturated rings. The zero-order chi connectivity index (χ0) is 15.2. The van der Waals surface area contributed by atoms with E-state index in [1.165, 1.54) is 0 Å². The van der Waals surface area contributed by atoms with E-state index in [-0.39, 0.29) is 17.4 Å². The molecule has 0 spiro atoms. The fourth-order valence-electron chi connectivity index (χ4n) is 3.45. The van der Waals surface area contributed by atoms with Crippen molar-refractivity contribution in [1.29, 1.82) is 0 Å². The largest absolute Gasteiger partial charge is 0.390 e. The van der Waals surface area contributed by atoms with Gasteiger partial charge in [-0.3, -0.25) is 0 Å². The molecule has 2 atom stereocenters. The maximum Gasteiger partial charge on any atom is 0.151 e. The zero-order valence-corrected chi connectivity index (χ0v) is 13.7. The van der Waals surface area contributed by atoms with E-state index >= 15 is 0 Å². The van der Waals surface area contributed by atoms with E-state index in [0.717, 1.165) is 6.54 Å². The van der Waals surface area contributed by atoms with Crippen LogP contribution in [0.5, 0.6) is 0 Å². The summed E-state index contributed by atoms with van der Waals surface area (Å²) in [5.74, 6) is 0.501. The van der Waals surface area contributed by atoms with E-state index < -0.39 is 27.1 Å². The van der Waals surface area contributed by atoms with Gasteiger partial charge in [-0.25, -0.2) is 8.42 Å². The number of hydrogen-bond acceptors (Lipinski definition) is 5. The Morgan fingerprint density at radius 2 is 1.80 bits per heavy atom. The summed E-state index contributed by atoms with van der Waals surface area (Å²) in [5, 5.41) is 10.5. The molecule has 0 amide bonds. The van der Waals surface area contributed by atoms with Crippen LogP contribution in [0, 0.1) is 5.92 Å². The third-order valence-corrected chi connectivity index (χ3v) is 6.33. The lowest BCUT2D eigenvalue weighted by Crippen LogP contribution is -2.44. The minimum Gasteiger partial charge on any atom is -0.390 e. The van der Waals surface area contributed by atoms with Gasteiger partial charge in [-0.2, -0.15) is 0 Å². The smallest absolute Gasteiger partial charge is 0.151 e. The molecule has 2 rings (SSSR count).